The number of aromatic nitrogens is 5. The number of anilines is 1. The third-order valence-electron chi connectivity index (χ3n) is 5.78. The van der Waals surface area contributed by atoms with E-state index in [0.717, 1.165) is 60.4 Å². The van der Waals surface area contributed by atoms with Gasteiger partial charge in [-0.1, -0.05) is 30.7 Å². The van der Waals surface area contributed by atoms with Gasteiger partial charge in [-0.2, -0.15) is 5.10 Å². The maximum Gasteiger partial charge on any atom is 0.181 e. The quantitative estimate of drug-likeness (QED) is 0.683. The number of hydrogen-bond acceptors (Lipinski definition) is 6. The van der Waals surface area contributed by atoms with Crippen molar-refractivity contribution in [3.8, 4) is 11.4 Å². The smallest absolute Gasteiger partial charge is 0.181 e. The molecule has 1 aliphatic carbocycles. The van der Waals surface area contributed by atoms with Crippen LogP contribution in [-0.2, 0) is 24.0 Å². The van der Waals surface area contributed by atoms with E-state index >= 15 is 0 Å². The fourth-order valence-electron chi connectivity index (χ4n) is 4.20. The van der Waals surface area contributed by atoms with Gasteiger partial charge in [-0.05, 0) is 37.8 Å². The van der Waals surface area contributed by atoms with E-state index in [1.165, 1.54) is 18.4 Å². The summed E-state index contributed by atoms with van der Waals surface area (Å²) in [5, 5.41) is 8.05. The Labute approximate surface area is 180 Å². The molecule has 2 aromatic heterocycles. The third-order valence-corrected chi connectivity index (χ3v) is 6.02. The van der Waals surface area contributed by atoms with Crippen LogP contribution in [-0.4, -0.2) is 44.8 Å². The molecule has 1 saturated heterocycles. The second-order valence-corrected chi connectivity index (χ2v) is 8.25. The summed E-state index contributed by atoms with van der Waals surface area (Å²) in [6.07, 6.45) is 5.01. The number of hydrogen-bond donors (Lipinski definition) is 1. The fraction of sp³-hybridized carbons (Fsp3) is 0.455. The first-order valence-corrected chi connectivity index (χ1v) is 11.0. The molecule has 8 heteroatoms. The van der Waals surface area contributed by atoms with E-state index in [2.05, 4.69) is 27.0 Å². The molecule has 5 rings (SSSR count). The number of benzene rings is 1. The molecular weight excluding hydrogens is 400 g/mol. The Kier molecular flexibility index (Phi) is 5.39. The molecule has 1 fully saturated rings. The minimum atomic E-state index is -0.167. The summed E-state index contributed by atoms with van der Waals surface area (Å²) in [7, 11) is 0. The number of morpholine rings is 1. The van der Waals surface area contributed by atoms with E-state index in [1.807, 2.05) is 24.3 Å². The van der Waals surface area contributed by atoms with Crippen LogP contribution >= 0.6 is 11.6 Å². The number of ether oxygens (including phenoxy) is 1. The first kappa shape index (κ1) is 19.5. The standard InChI is InChI=1S/C22H25ClN6O/c1-2-19-25-21(28-27-19)18-13-29(10-11-30-18)22-16-8-3-4-9-17(16)24-20(26-22)14-6-5-7-15(23)12-14/h5-7,12,18H,2-4,8-11,13H2,1H3,(H,25,27,28). The van der Waals surface area contributed by atoms with Gasteiger partial charge in [-0.15, -0.1) is 0 Å². The first-order chi connectivity index (χ1) is 14.7. The molecule has 1 N–H and O–H groups in total. The summed E-state index contributed by atoms with van der Waals surface area (Å²) >= 11 is 6.23. The average Bonchev–Trinajstić information content (AvgIpc) is 3.28. The van der Waals surface area contributed by atoms with Crippen LogP contribution in [0, 0.1) is 0 Å². The summed E-state index contributed by atoms with van der Waals surface area (Å²) in [6.45, 7) is 4.15. The first-order valence-electron chi connectivity index (χ1n) is 10.6. The average molecular weight is 425 g/mol. The number of nitrogens with zero attached hydrogens (tertiary/aromatic N) is 5. The van der Waals surface area contributed by atoms with Crippen LogP contribution in [0.1, 0.15) is 48.8 Å². The summed E-state index contributed by atoms with van der Waals surface area (Å²) in [6, 6.07) is 7.76. The van der Waals surface area contributed by atoms with E-state index in [1.54, 1.807) is 0 Å². The summed E-state index contributed by atoms with van der Waals surface area (Å²) in [5.41, 5.74) is 3.39. The lowest BCUT2D eigenvalue weighted by Gasteiger charge is -2.34. The van der Waals surface area contributed by atoms with Crippen LogP contribution in [0.2, 0.25) is 5.02 Å². The normalized spacial score (nSPS) is 19.0. The molecule has 1 aliphatic heterocycles. The highest BCUT2D eigenvalue weighted by Crippen LogP contribution is 2.33. The van der Waals surface area contributed by atoms with Gasteiger partial charge in [0.15, 0.2) is 11.6 Å². The number of fused-ring (bicyclic) bond motifs is 1. The zero-order valence-corrected chi connectivity index (χ0v) is 17.8. The minimum Gasteiger partial charge on any atom is -0.366 e. The van der Waals surface area contributed by atoms with Crippen molar-refractivity contribution >= 4 is 17.4 Å². The van der Waals surface area contributed by atoms with Gasteiger partial charge in [0.1, 0.15) is 17.7 Å². The van der Waals surface area contributed by atoms with Crippen LogP contribution in [0.5, 0.6) is 0 Å². The Morgan fingerprint density at radius 1 is 1.20 bits per heavy atom. The van der Waals surface area contributed by atoms with Crippen LogP contribution in [0.4, 0.5) is 5.82 Å². The highest BCUT2D eigenvalue weighted by Gasteiger charge is 2.29. The van der Waals surface area contributed by atoms with Gasteiger partial charge < -0.3 is 9.64 Å². The Morgan fingerprint density at radius 2 is 2.10 bits per heavy atom. The lowest BCUT2D eigenvalue weighted by molar-refractivity contribution is 0.0339. The highest BCUT2D eigenvalue weighted by molar-refractivity contribution is 6.30. The molecule has 0 radical (unpaired) electrons. The maximum atomic E-state index is 6.23. The van der Waals surface area contributed by atoms with Gasteiger partial charge in [-0.25, -0.2) is 15.0 Å². The maximum absolute atomic E-state index is 6.23. The third kappa shape index (κ3) is 3.79. The monoisotopic (exact) mass is 424 g/mol. The molecule has 3 aromatic rings. The van der Waals surface area contributed by atoms with Crippen LogP contribution in [0.15, 0.2) is 24.3 Å². The summed E-state index contributed by atoms with van der Waals surface area (Å²) in [4.78, 5) is 16.8. The molecule has 2 aliphatic rings. The number of aromatic amines is 1. The van der Waals surface area contributed by atoms with Crippen molar-refractivity contribution in [3.05, 3.63) is 52.2 Å². The van der Waals surface area contributed by atoms with Gasteiger partial charge in [0, 0.05) is 34.8 Å². The second kappa shape index (κ2) is 8.32. The van der Waals surface area contributed by atoms with Crippen LogP contribution < -0.4 is 4.90 Å². The molecule has 156 valence electrons. The molecule has 7 nitrogen and oxygen atoms in total. The number of nitrogens with one attached hydrogen (secondary N) is 1. The van der Waals surface area contributed by atoms with Crippen molar-refractivity contribution in [1.29, 1.82) is 0 Å². The molecule has 30 heavy (non-hydrogen) atoms. The number of aryl methyl sites for hydroxylation is 2. The van der Waals surface area contributed by atoms with Crippen molar-refractivity contribution in [3.63, 3.8) is 0 Å². The van der Waals surface area contributed by atoms with Gasteiger partial charge >= 0.3 is 0 Å². The van der Waals surface area contributed by atoms with Crippen LogP contribution in [0.25, 0.3) is 11.4 Å². The largest absolute Gasteiger partial charge is 0.366 e. The molecule has 3 heterocycles. The second-order valence-electron chi connectivity index (χ2n) is 7.81. The predicted molar refractivity (Wildman–Crippen MR) is 116 cm³/mol. The van der Waals surface area contributed by atoms with Crippen molar-refractivity contribution in [2.24, 2.45) is 0 Å². The lowest BCUT2D eigenvalue weighted by Crippen LogP contribution is -2.40. The van der Waals surface area contributed by atoms with Gasteiger partial charge in [-0.3, -0.25) is 5.10 Å². The molecule has 0 amide bonds. The molecule has 0 bridgehead atoms. The molecule has 1 unspecified atom stereocenters. The van der Waals surface area contributed by atoms with Gasteiger partial charge in [0.25, 0.3) is 0 Å². The van der Waals surface area contributed by atoms with Gasteiger partial charge in [0.05, 0.1) is 13.2 Å². The number of halogens is 1. The van der Waals surface area contributed by atoms with Crippen molar-refractivity contribution < 1.29 is 4.74 Å². The predicted octanol–water partition coefficient (Wildman–Crippen LogP) is 3.93. The van der Waals surface area contributed by atoms with E-state index in [4.69, 9.17) is 26.3 Å². The SMILES string of the molecule is CCc1nc(C2CN(c3nc(-c4cccc(Cl)c4)nc4c3CCCC4)CCO2)n[nH]1. The zero-order chi connectivity index (χ0) is 20.5. The Hall–Kier alpha value is -2.51. The van der Waals surface area contributed by atoms with Crippen molar-refractivity contribution in [2.75, 3.05) is 24.6 Å². The molecule has 1 atom stereocenters. The molecule has 0 spiro atoms. The molecule has 0 saturated carbocycles. The number of rotatable bonds is 4. The van der Waals surface area contributed by atoms with Crippen molar-refractivity contribution in [2.45, 2.75) is 45.1 Å². The minimum absolute atomic E-state index is 0.167. The Morgan fingerprint density at radius 3 is 2.93 bits per heavy atom. The van der Waals surface area contributed by atoms with E-state index < -0.39 is 0 Å². The van der Waals surface area contributed by atoms with Crippen molar-refractivity contribution in [1.82, 2.24) is 25.1 Å². The lowest BCUT2D eigenvalue weighted by atomic mass is 9.95. The fourth-order valence-corrected chi connectivity index (χ4v) is 4.39. The van der Waals surface area contributed by atoms with Crippen LogP contribution in [0.3, 0.4) is 0 Å². The molecule has 1 aromatic carbocycles. The van der Waals surface area contributed by atoms with E-state index in [0.29, 0.717) is 18.2 Å². The van der Waals surface area contributed by atoms with Gasteiger partial charge in [0.2, 0.25) is 0 Å². The van der Waals surface area contributed by atoms with E-state index in [-0.39, 0.29) is 6.10 Å². The Bertz CT molecular complexity index is 1050. The highest BCUT2D eigenvalue weighted by atomic mass is 35.5. The van der Waals surface area contributed by atoms with E-state index in [9.17, 15) is 0 Å². The number of H-pyrrole nitrogens is 1. The Balaban J connectivity index is 1.51. The summed E-state index contributed by atoms with van der Waals surface area (Å²) < 4.78 is 6.00. The topological polar surface area (TPSA) is 79.8 Å². The summed E-state index contributed by atoms with van der Waals surface area (Å²) in [5.74, 6) is 3.36. The zero-order valence-electron chi connectivity index (χ0n) is 17.1. The molecular formula is C22H25ClN6O.